The molecule has 0 amide bonds. The maximum absolute atomic E-state index is 5.78. The smallest absolute Gasteiger partial charge is 0.0573 e. The molecule has 17 heavy (non-hydrogen) atoms. The summed E-state index contributed by atoms with van der Waals surface area (Å²) in [7, 11) is 0. The molecule has 0 N–H and O–H groups in total. The molecule has 2 heterocycles. The van der Waals surface area contributed by atoms with Crippen LogP contribution in [0.1, 0.15) is 36.9 Å². The Hall–Kier alpha value is -0.600. The SMILES string of the molecule is Cc1cccnc1CN1CCCC1CCCCl. The second-order valence-corrected chi connectivity index (χ2v) is 5.24. The highest BCUT2D eigenvalue weighted by Crippen LogP contribution is 2.23. The van der Waals surface area contributed by atoms with Gasteiger partial charge < -0.3 is 0 Å². The molecule has 1 saturated heterocycles. The first kappa shape index (κ1) is 12.8. The van der Waals surface area contributed by atoms with E-state index in [0.717, 1.165) is 24.9 Å². The number of rotatable bonds is 5. The van der Waals surface area contributed by atoms with E-state index in [1.807, 2.05) is 12.3 Å². The monoisotopic (exact) mass is 252 g/mol. The number of aromatic nitrogens is 1. The molecule has 0 aliphatic carbocycles. The summed E-state index contributed by atoms with van der Waals surface area (Å²) in [5.74, 6) is 0.785. The normalized spacial score (nSPS) is 20.9. The van der Waals surface area contributed by atoms with E-state index in [0.29, 0.717) is 0 Å². The van der Waals surface area contributed by atoms with Crippen LogP contribution < -0.4 is 0 Å². The number of likely N-dealkylation sites (tertiary alicyclic amines) is 1. The van der Waals surface area contributed by atoms with Gasteiger partial charge in [0.2, 0.25) is 0 Å². The lowest BCUT2D eigenvalue weighted by Gasteiger charge is -2.24. The second kappa shape index (κ2) is 6.36. The zero-order chi connectivity index (χ0) is 12.1. The van der Waals surface area contributed by atoms with Crippen molar-refractivity contribution in [1.29, 1.82) is 0 Å². The minimum atomic E-state index is 0.718. The summed E-state index contributed by atoms with van der Waals surface area (Å²) >= 11 is 5.78. The molecule has 2 nitrogen and oxygen atoms in total. The Morgan fingerprint density at radius 2 is 2.41 bits per heavy atom. The van der Waals surface area contributed by atoms with Crippen LogP contribution in [0.3, 0.4) is 0 Å². The Balaban J connectivity index is 1.95. The van der Waals surface area contributed by atoms with Crippen LogP contribution in [0, 0.1) is 6.92 Å². The predicted molar refractivity (Wildman–Crippen MR) is 72.4 cm³/mol. The number of nitrogens with zero attached hydrogens (tertiary/aromatic N) is 2. The van der Waals surface area contributed by atoms with E-state index in [1.165, 1.54) is 37.1 Å². The fraction of sp³-hybridized carbons (Fsp3) is 0.643. The zero-order valence-corrected chi connectivity index (χ0v) is 11.3. The molecule has 0 saturated carbocycles. The third kappa shape index (κ3) is 3.43. The van der Waals surface area contributed by atoms with Gasteiger partial charge in [0.05, 0.1) is 5.69 Å². The summed E-state index contributed by atoms with van der Waals surface area (Å²) in [5.41, 5.74) is 2.53. The topological polar surface area (TPSA) is 16.1 Å². The first-order chi connectivity index (χ1) is 8.31. The molecule has 0 bridgehead atoms. The summed E-state index contributed by atoms with van der Waals surface area (Å²) in [4.78, 5) is 7.06. The van der Waals surface area contributed by atoms with Gasteiger partial charge in [-0.05, 0) is 50.8 Å². The standard InChI is InChI=1S/C14H21ClN2/c1-12-5-3-9-16-14(12)11-17-10-4-7-13(17)6-2-8-15/h3,5,9,13H,2,4,6-8,10-11H2,1H3. The average molecular weight is 253 g/mol. The maximum atomic E-state index is 5.78. The molecular weight excluding hydrogens is 232 g/mol. The molecule has 1 unspecified atom stereocenters. The van der Waals surface area contributed by atoms with Gasteiger partial charge in [-0.2, -0.15) is 0 Å². The van der Waals surface area contributed by atoms with E-state index in [9.17, 15) is 0 Å². The summed E-state index contributed by atoms with van der Waals surface area (Å²) in [5, 5.41) is 0. The Morgan fingerprint density at radius 3 is 3.18 bits per heavy atom. The van der Waals surface area contributed by atoms with E-state index in [2.05, 4.69) is 22.9 Å². The number of hydrogen-bond donors (Lipinski definition) is 0. The molecule has 2 rings (SSSR count). The molecule has 1 aromatic heterocycles. The van der Waals surface area contributed by atoms with Crippen molar-refractivity contribution in [3.8, 4) is 0 Å². The van der Waals surface area contributed by atoms with Gasteiger partial charge in [-0.15, -0.1) is 11.6 Å². The summed E-state index contributed by atoms with van der Waals surface area (Å²) < 4.78 is 0. The highest BCUT2D eigenvalue weighted by molar-refractivity contribution is 6.17. The third-order valence-electron chi connectivity index (χ3n) is 3.64. The van der Waals surface area contributed by atoms with E-state index in [4.69, 9.17) is 11.6 Å². The molecule has 3 heteroatoms. The maximum Gasteiger partial charge on any atom is 0.0573 e. The Labute approximate surface area is 109 Å². The van der Waals surface area contributed by atoms with E-state index < -0.39 is 0 Å². The Morgan fingerprint density at radius 1 is 1.53 bits per heavy atom. The lowest BCUT2D eigenvalue weighted by Crippen LogP contribution is -2.29. The lowest BCUT2D eigenvalue weighted by atomic mass is 10.1. The van der Waals surface area contributed by atoms with E-state index in [1.54, 1.807) is 0 Å². The Kier molecular flexibility index (Phi) is 4.81. The van der Waals surface area contributed by atoms with Crippen LogP contribution in [-0.4, -0.2) is 28.4 Å². The molecular formula is C14H21ClN2. The first-order valence-electron chi connectivity index (χ1n) is 6.52. The van der Waals surface area contributed by atoms with Crippen molar-refractivity contribution >= 4 is 11.6 Å². The highest BCUT2D eigenvalue weighted by Gasteiger charge is 2.24. The van der Waals surface area contributed by atoms with Crippen molar-refractivity contribution in [3.05, 3.63) is 29.6 Å². The van der Waals surface area contributed by atoms with Crippen molar-refractivity contribution in [1.82, 2.24) is 9.88 Å². The molecule has 1 aliphatic rings. The predicted octanol–water partition coefficient (Wildman–Crippen LogP) is 3.37. The molecule has 0 spiro atoms. The van der Waals surface area contributed by atoms with Gasteiger partial charge in [0.1, 0.15) is 0 Å². The zero-order valence-electron chi connectivity index (χ0n) is 10.5. The fourth-order valence-electron chi connectivity index (χ4n) is 2.62. The number of halogens is 1. The Bertz CT molecular complexity index is 354. The van der Waals surface area contributed by atoms with Crippen LogP contribution in [0.4, 0.5) is 0 Å². The summed E-state index contributed by atoms with van der Waals surface area (Å²) in [6, 6.07) is 4.87. The molecule has 1 aromatic rings. The second-order valence-electron chi connectivity index (χ2n) is 4.86. The molecule has 1 aliphatic heterocycles. The van der Waals surface area contributed by atoms with Gasteiger partial charge in [0, 0.05) is 24.7 Å². The molecule has 0 radical (unpaired) electrons. The third-order valence-corrected chi connectivity index (χ3v) is 3.91. The van der Waals surface area contributed by atoms with Gasteiger partial charge in [0.25, 0.3) is 0 Å². The molecule has 1 atom stereocenters. The van der Waals surface area contributed by atoms with E-state index in [-0.39, 0.29) is 0 Å². The lowest BCUT2D eigenvalue weighted by molar-refractivity contribution is 0.230. The minimum Gasteiger partial charge on any atom is -0.295 e. The number of aryl methyl sites for hydroxylation is 1. The highest BCUT2D eigenvalue weighted by atomic mass is 35.5. The number of pyridine rings is 1. The van der Waals surface area contributed by atoms with Crippen LogP contribution in [0.25, 0.3) is 0 Å². The molecule has 1 fully saturated rings. The largest absolute Gasteiger partial charge is 0.295 e. The van der Waals surface area contributed by atoms with Gasteiger partial charge in [-0.25, -0.2) is 0 Å². The fourth-order valence-corrected chi connectivity index (χ4v) is 2.77. The van der Waals surface area contributed by atoms with Crippen molar-refractivity contribution in [2.24, 2.45) is 0 Å². The molecule has 94 valence electrons. The quantitative estimate of drug-likeness (QED) is 0.747. The van der Waals surface area contributed by atoms with Crippen LogP contribution >= 0.6 is 11.6 Å². The first-order valence-corrected chi connectivity index (χ1v) is 7.05. The van der Waals surface area contributed by atoms with Crippen molar-refractivity contribution in [2.75, 3.05) is 12.4 Å². The van der Waals surface area contributed by atoms with Gasteiger partial charge >= 0.3 is 0 Å². The number of hydrogen-bond acceptors (Lipinski definition) is 2. The summed E-state index contributed by atoms with van der Waals surface area (Å²) in [6.07, 6.45) is 6.90. The van der Waals surface area contributed by atoms with Crippen molar-refractivity contribution in [3.63, 3.8) is 0 Å². The number of alkyl halides is 1. The molecule has 0 aromatic carbocycles. The summed E-state index contributed by atoms with van der Waals surface area (Å²) in [6.45, 7) is 4.36. The van der Waals surface area contributed by atoms with Gasteiger partial charge in [-0.3, -0.25) is 9.88 Å². The van der Waals surface area contributed by atoms with Crippen molar-refractivity contribution in [2.45, 2.75) is 45.2 Å². The van der Waals surface area contributed by atoms with Crippen LogP contribution in [-0.2, 0) is 6.54 Å². The van der Waals surface area contributed by atoms with E-state index >= 15 is 0 Å². The minimum absolute atomic E-state index is 0.718. The van der Waals surface area contributed by atoms with Gasteiger partial charge in [-0.1, -0.05) is 6.07 Å². The average Bonchev–Trinajstić information content (AvgIpc) is 2.77. The van der Waals surface area contributed by atoms with Crippen LogP contribution in [0.15, 0.2) is 18.3 Å². The van der Waals surface area contributed by atoms with Crippen LogP contribution in [0.2, 0.25) is 0 Å². The van der Waals surface area contributed by atoms with Gasteiger partial charge in [0.15, 0.2) is 0 Å². The van der Waals surface area contributed by atoms with Crippen LogP contribution in [0.5, 0.6) is 0 Å². The van der Waals surface area contributed by atoms with Crippen molar-refractivity contribution < 1.29 is 0 Å².